The summed E-state index contributed by atoms with van der Waals surface area (Å²) in [4.78, 5) is 12.5. The molecule has 0 radical (unpaired) electrons. The normalized spacial score (nSPS) is 39.8. The summed E-state index contributed by atoms with van der Waals surface area (Å²) in [6.07, 6.45) is 11.9. The minimum atomic E-state index is -0.296. The summed E-state index contributed by atoms with van der Waals surface area (Å²) >= 11 is 0. The number of hydrogen-bond acceptors (Lipinski definition) is 3. The number of rotatable bonds is 6. The summed E-state index contributed by atoms with van der Waals surface area (Å²) in [7, 11) is 0.424. The topological polar surface area (TPSA) is 35.5 Å². The zero-order valence-electron chi connectivity index (χ0n) is 16.7. The van der Waals surface area contributed by atoms with E-state index in [4.69, 9.17) is 9.47 Å². The molecule has 0 N–H and O–H groups in total. The fourth-order valence-corrected chi connectivity index (χ4v) is 7.21. The van der Waals surface area contributed by atoms with Crippen LogP contribution in [0, 0.1) is 17.8 Å². The second-order valence-electron chi connectivity index (χ2n) is 10.1. The Morgan fingerprint density at radius 3 is 2.23 bits per heavy atom. The standard InChI is InChI=1S/C22H35O3P/c1-15(26-4)19(23)24-21-10-16-9-17(11-21)13-22(12-16,14-21)25-20(2,3)18-7-5-6-8-18/h16-18,26H,1,5-14H2,2-4H3. The lowest BCUT2D eigenvalue weighted by Crippen LogP contribution is -2.63. The van der Waals surface area contributed by atoms with E-state index in [-0.39, 0.29) is 22.8 Å². The Morgan fingerprint density at radius 2 is 1.65 bits per heavy atom. The molecule has 0 aromatic rings. The van der Waals surface area contributed by atoms with Crippen LogP contribution in [-0.2, 0) is 14.3 Å². The largest absolute Gasteiger partial charge is 0.455 e. The van der Waals surface area contributed by atoms with Crippen molar-refractivity contribution in [3.8, 4) is 0 Å². The Kier molecular flexibility index (Phi) is 4.80. The molecule has 4 heteroatoms. The highest BCUT2D eigenvalue weighted by Gasteiger charge is 2.61. The summed E-state index contributed by atoms with van der Waals surface area (Å²) in [6, 6.07) is 0. The molecule has 4 bridgehead atoms. The van der Waals surface area contributed by atoms with Gasteiger partial charge in [0.15, 0.2) is 0 Å². The molecule has 5 fully saturated rings. The number of hydrogen-bond donors (Lipinski definition) is 0. The first-order valence-corrected chi connectivity index (χ1v) is 12.1. The van der Waals surface area contributed by atoms with Gasteiger partial charge in [0.1, 0.15) is 5.60 Å². The monoisotopic (exact) mass is 378 g/mol. The number of carbonyl (C=O) groups excluding carboxylic acids is 1. The second kappa shape index (κ2) is 6.59. The molecule has 0 aliphatic heterocycles. The van der Waals surface area contributed by atoms with Crippen LogP contribution < -0.4 is 0 Å². The molecule has 0 heterocycles. The van der Waals surface area contributed by atoms with E-state index in [2.05, 4.69) is 20.4 Å². The molecule has 0 saturated heterocycles. The van der Waals surface area contributed by atoms with E-state index in [1.165, 1.54) is 32.1 Å². The molecule has 26 heavy (non-hydrogen) atoms. The second-order valence-corrected chi connectivity index (χ2v) is 11.2. The third-order valence-electron chi connectivity index (χ3n) is 7.63. The van der Waals surface area contributed by atoms with Gasteiger partial charge in [-0.3, -0.25) is 0 Å². The molecule has 3 atom stereocenters. The van der Waals surface area contributed by atoms with Crippen LogP contribution in [0.1, 0.15) is 78.1 Å². The first kappa shape index (κ1) is 18.9. The van der Waals surface area contributed by atoms with E-state index in [0.717, 1.165) is 32.1 Å². The lowest BCUT2D eigenvalue weighted by molar-refractivity contribution is -0.266. The lowest BCUT2D eigenvalue weighted by atomic mass is 9.52. The van der Waals surface area contributed by atoms with Crippen molar-refractivity contribution in [3.05, 3.63) is 11.9 Å². The van der Waals surface area contributed by atoms with Crippen LogP contribution in [0.25, 0.3) is 0 Å². The van der Waals surface area contributed by atoms with Crippen LogP contribution in [0.4, 0.5) is 0 Å². The van der Waals surface area contributed by atoms with Gasteiger partial charge in [-0.25, -0.2) is 4.79 Å². The molecule has 0 spiro atoms. The van der Waals surface area contributed by atoms with Crippen LogP contribution in [0.15, 0.2) is 11.9 Å². The first-order chi connectivity index (χ1) is 12.2. The van der Waals surface area contributed by atoms with E-state index in [0.29, 0.717) is 31.6 Å². The van der Waals surface area contributed by atoms with E-state index in [9.17, 15) is 4.79 Å². The highest BCUT2D eigenvalue weighted by Crippen LogP contribution is 2.61. The summed E-state index contributed by atoms with van der Waals surface area (Å²) in [5.41, 5.74) is -0.441. The molecule has 146 valence electrons. The van der Waals surface area contributed by atoms with Crippen LogP contribution >= 0.6 is 8.58 Å². The Bertz CT molecular complexity index is 576. The Hall–Kier alpha value is -0.400. The van der Waals surface area contributed by atoms with Crippen LogP contribution in [0.3, 0.4) is 0 Å². The molecule has 5 aliphatic carbocycles. The van der Waals surface area contributed by atoms with Crippen molar-refractivity contribution in [1.29, 1.82) is 0 Å². The number of carbonyl (C=O) groups is 1. The van der Waals surface area contributed by atoms with Crippen molar-refractivity contribution >= 4 is 14.6 Å². The molecule has 5 aliphatic rings. The third kappa shape index (κ3) is 3.39. The molecule has 3 unspecified atom stereocenters. The van der Waals surface area contributed by atoms with E-state index in [1.807, 2.05) is 6.66 Å². The molecule has 0 aromatic heterocycles. The van der Waals surface area contributed by atoms with Crippen molar-refractivity contribution in [2.75, 3.05) is 6.66 Å². The number of esters is 1. The zero-order chi connectivity index (χ0) is 18.6. The molecular weight excluding hydrogens is 343 g/mol. The zero-order valence-corrected chi connectivity index (χ0v) is 17.7. The fraction of sp³-hybridized carbons (Fsp3) is 0.864. The van der Waals surface area contributed by atoms with E-state index < -0.39 is 0 Å². The van der Waals surface area contributed by atoms with Crippen LogP contribution in [-0.4, -0.2) is 29.4 Å². The van der Waals surface area contributed by atoms with Crippen molar-refractivity contribution < 1.29 is 14.3 Å². The van der Waals surface area contributed by atoms with Gasteiger partial charge in [-0.1, -0.05) is 28.0 Å². The highest BCUT2D eigenvalue weighted by molar-refractivity contribution is 7.43. The molecule has 5 saturated carbocycles. The van der Waals surface area contributed by atoms with Gasteiger partial charge in [0.05, 0.1) is 16.5 Å². The van der Waals surface area contributed by atoms with Gasteiger partial charge in [-0.2, -0.15) is 0 Å². The average Bonchev–Trinajstić information content (AvgIpc) is 3.06. The Labute approximate surface area is 160 Å². The number of ether oxygens (including phenoxy) is 2. The predicted molar refractivity (Wildman–Crippen MR) is 107 cm³/mol. The molecular formula is C22H35O3P. The summed E-state index contributed by atoms with van der Waals surface area (Å²) in [5.74, 6) is 1.81. The highest BCUT2D eigenvalue weighted by atomic mass is 31.1. The third-order valence-corrected chi connectivity index (χ3v) is 8.44. The molecule has 5 rings (SSSR count). The summed E-state index contributed by atoms with van der Waals surface area (Å²) in [6.45, 7) is 10.5. The fourth-order valence-electron chi connectivity index (χ4n) is 6.96. The summed E-state index contributed by atoms with van der Waals surface area (Å²) in [5, 5.41) is 0.627. The van der Waals surface area contributed by atoms with Crippen molar-refractivity contribution in [2.45, 2.75) is 94.9 Å². The van der Waals surface area contributed by atoms with E-state index >= 15 is 0 Å². The van der Waals surface area contributed by atoms with Crippen molar-refractivity contribution in [1.82, 2.24) is 0 Å². The van der Waals surface area contributed by atoms with E-state index in [1.54, 1.807) is 0 Å². The average molecular weight is 378 g/mol. The van der Waals surface area contributed by atoms with Crippen LogP contribution in [0.2, 0.25) is 0 Å². The Balaban J connectivity index is 1.54. The lowest BCUT2D eigenvalue weighted by Gasteiger charge is -2.62. The van der Waals surface area contributed by atoms with Gasteiger partial charge in [-0.05, 0) is 83.2 Å². The Morgan fingerprint density at radius 1 is 1.08 bits per heavy atom. The minimum Gasteiger partial charge on any atom is -0.455 e. The first-order valence-electron chi connectivity index (χ1n) is 10.6. The SMILES string of the molecule is C=C(PC)C(=O)OC12CC3CC(C1)CC(OC(C)(C)C1CCCC1)(C3)C2. The quantitative estimate of drug-likeness (QED) is 0.351. The maximum absolute atomic E-state index is 12.5. The van der Waals surface area contributed by atoms with Gasteiger partial charge >= 0.3 is 5.97 Å². The molecule has 0 aromatic carbocycles. The van der Waals surface area contributed by atoms with Crippen molar-refractivity contribution in [2.24, 2.45) is 17.8 Å². The van der Waals surface area contributed by atoms with Gasteiger partial charge < -0.3 is 9.47 Å². The summed E-state index contributed by atoms with van der Waals surface area (Å²) < 4.78 is 13.2. The van der Waals surface area contributed by atoms with Crippen LogP contribution in [0.5, 0.6) is 0 Å². The molecule has 0 amide bonds. The maximum Gasteiger partial charge on any atom is 0.338 e. The van der Waals surface area contributed by atoms with Gasteiger partial charge in [-0.15, -0.1) is 0 Å². The molecule has 3 nitrogen and oxygen atoms in total. The van der Waals surface area contributed by atoms with Crippen molar-refractivity contribution in [3.63, 3.8) is 0 Å². The van der Waals surface area contributed by atoms with Gasteiger partial charge in [0.2, 0.25) is 0 Å². The van der Waals surface area contributed by atoms with Gasteiger partial charge in [0, 0.05) is 6.42 Å². The maximum atomic E-state index is 12.5. The van der Waals surface area contributed by atoms with Gasteiger partial charge in [0.25, 0.3) is 0 Å². The smallest absolute Gasteiger partial charge is 0.338 e. The minimum absolute atomic E-state index is 0.0677. The predicted octanol–water partition coefficient (Wildman–Crippen LogP) is 5.43.